The van der Waals surface area contributed by atoms with Gasteiger partial charge in [0.1, 0.15) is 0 Å². The molecule has 0 radical (unpaired) electrons. The van der Waals surface area contributed by atoms with Crippen LogP contribution in [0, 0.1) is 0 Å². The molecule has 0 aliphatic rings. The van der Waals surface area contributed by atoms with Crippen molar-refractivity contribution < 1.29 is 0 Å². The van der Waals surface area contributed by atoms with Gasteiger partial charge in [0, 0.05) is 0 Å². The van der Waals surface area contributed by atoms with E-state index < -0.39 is 0 Å². The summed E-state index contributed by atoms with van der Waals surface area (Å²) in [6, 6.07) is 10.2. The van der Waals surface area contributed by atoms with Crippen LogP contribution in [0.3, 0.4) is 0 Å². The predicted octanol–water partition coefficient (Wildman–Crippen LogP) is 3.83. The van der Waals surface area contributed by atoms with Gasteiger partial charge in [-0.15, -0.1) is 11.3 Å². The molecule has 3 heterocycles. The highest BCUT2D eigenvalue weighted by atomic mass is 79.9. The van der Waals surface area contributed by atoms with E-state index in [4.69, 9.17) is 0 Å². The summed E-state index contributed by atoms with van der Waals surface area (Å²) in [4.78, 5) is 5.62. The van der Waals surface area contributed by atoms with E-state index in [0.29, 0.717) is 0 Å². The first-order valence-corrected chi connectivity index (χ1v) is 6.19. The molecule has 4 heteroatoms. The molecule has 3 aromatic heterocycles. The van der Waals surface area contributed by atoms with E-state index in [9.17, 15) is 0 Å². The SMILES string of the molecule is Brc1cccc2cnc(-c3cccs3)n12. The molecule has 0 amide bonds. The van der Waals surface area contributed by atoms with Crippen LogP contribution in [0.4, 0.5) is 0 Å². The van der Waals surface area contributed by atoms with Crippen molar-refractivity contribution in [3.05, 3.63) is 46.5 Å². The Kier molecular flexibility index (Phi) is 2.11. The minimum absolute atomic E-state index is 0.993. The molecule has 3 rings (SSSR count). The summed E-state index contributed by atoms with van der Waals surface area (Å²) >= 11 is 5.24. The van der Waals surface area contributed by atoms with Crippen molar-refractivity contribution >= 4 is 32.8 Å². The summed E-state index contributed by atoms with van der Waals surface area (Å²) in [5.74, 6) is 0.993. The molecule has 0 spiro atoms. The van der Waals surface area contributed by atoms with Gasteiger partial charge in [-0.05, 0) is 39.5 Å². The summed E-state index contributed by atoms with van der Waals surface area (Å²) in [6.07, 6.45) is 1.89. The van der Waals surface area contributed by atoms with Gasteiger partial charge in [-0.3, -0.25) is 4.40 Å². The Balaban J connectivity index is 2.37. The smallest absolute Gasteiger partial charge is 0.155 e. The topological polar surface area (TPSA) is 17.3 Å². The normalized spacial score (nSPS) is 11.0. The second-order valence-electron chi connectivity index (χ2n) is 3.17. The predicted molar refractivity (Wildman–Crippen MR) is 66.2 cm³/mol. The van der Waals surface area contributed by atoms with Crippen LogP contribution in [0.15, 0.2) is 46.5 Å². The maximum absolute atomic E-state index is 4.44. The Morgan fingerprint density at radius 1 is 1.20 bits per heavy atom. The van der Waals surface area contributed by atoms with E-state index in [2.05, 4.69) is 42.8 Å². The Bertz CT molecular complexity index is 598. The summed E-state index contributed by atoms with van der Waals surface area (Å²) in [6.45, 7) is 0. The Labute approximate surface area is 99.3 Å². The Morgan fingerprint density at radius 3 is 2.93 bits per heavy atom. The zero-order chi connectivity index (χ0) is 10.3. The third kappa shape index (κ3) is 1.41. The standard InChI is InChI=1S/C11H7BrN2S/c12-10-5-1-3-8-7-13-11(14(8)10)9-4-2-6-15-9/h1-7H. The number of hydrogen-bond donors (Lipinski definition) is 0. The first kappa shape index (κ1) is 9.12. The second-order valence-corrected chi connectivity index (χ2v) is 4.93. The molecule has 0 fully saturated rings. The van der Waals surface area contributed by atoms with Crippen molar-refractivity contribution in [3.8, 4) is 10.7 Å². The minimum Gasteiger partial charge on any atom is -0.286 e. The molecule has 2 nitrogen and oxygen atoms in total. The molecule has 0 atom stereocenters. The van der Waals surface area contributed by atoms with Gasteiger partial charge in [-0.1, -0.05) is 12.1 Å². The molecule has 0 aromatic carbocycles. The van der Waals surface area contributed by atoms with Gasteiger partial charge in [0.25, 0.3) is 0 Å². The molecule has 0 N–H and O–H groups in total. The monoisotopic (exact) mass is 278 g/mol. The van der Waals surface area contributed by atoms with Crippen LogP contribution >= 0.6 is 27.3 Å². The van der Waals surface area contributed by atoms with Crippen LogP contribution in [0.5, 0.6) is 0 Å². The van der Waals surface area contributed by atoms with Crippen molar-refractivity contribution in [1.82, 2.24) is 9.38 Å². The van der Waals surface area contributed by atoms with Gasteiger partial charge in [-0.25, -0.2) is 4.98 Å². The highest BCUT2D eigenvalue weighted by Gasteiger charge is 2.08. The lowest BCUT2D eigenvalue weighted by Gasteiger charge is -2.01. The van der Waals surface area contributed by atoms with Crippen molar-refractivity contribution in [3.63, 3.8) is 0 Å². The number of rotatable bonds is 1. The van der Waals surface area contributed by atoms with E-state index in [1.165, 1.54) is 4.88 Å². The van der Waals surface area contributed by atoms with Gasteiger partial charge in [-0.2, -0.15) is 0 Å². The zero-order valence-electron chi connectivity index (χ0n) is 7.72. The molecule has 0 aliphatic heterocycles. The fourth-order valence-electron chi connectivity index (χ4n) is 1.59. The maximum atomic E-state index is 4.44. The van der Waals surface area contributed by atoms with Crippen molar-refractivity contribution in [2.45, 2.75) is 0 Å². The van der Waals surface area contributed by atoms with Gasteiger partial charge in [0.15, 0.2) is 5.82 Å². The molecule has 0 aliphatic carbocycles. The molecule has 74 valence electrons. The average molecular weight is 279 g/mol. The molecule has 0 saturated carbocycles. The fraction of sp³-hybridized carbons (Fsp3) is 0. The van der Waals surface area contributed by atoms with Gasteiger partial charge in [0.05, 0.1) is 21.2 Å². The van der Waals surface area contributed by atoms with Crippen molar-refractivity contribution in [2.75, 3.05) is 0 Å². The van der Waals surface area contributed by atoms with Gasteiger partial charge >= 0.3 is 0 Å². The summed E-state index contributed by atoms with van der Waals surface area (Å²) in [5.41, 5.74) is 1.10. The number of hydrogen-bond acceptors (Lipinski definition) is 2. The highest BCUT2D eigenvalue weighted by molar-refractivity contribution is 9.10. The summed E-state index contributed by atoms with van der Waals surface area (Å²) in [5, 5.41) is 2.06. The van der Waals surface area contributed by atoms with E-state index in [1.807, 2.05) is 24.4 Å². The second kappa shape index (κ2) is 3.47. The number of fused-ring (bicyclic) bond motifs is 1. The molecular weight excluding hydrogens is 272 g/mol. The number of nitrogens with zero attached hydrogens (tertiary/aromatic N) is 2. The maximum Gasteiger partial charge on any atom is 0.155 e. The van der Waals surface area contributed by atoms with Crippen LogP contribution in [-0.4, -0.2) is 9.38 Å². The average Bonchev–Trinajstić information content (AvgIpc) is 2.85. The fourth-order valence-corrected chi connectivity index (χ4v) is 2.82. The summed E-state index contributed by atoms with van der Waals surface area (Å²) in [7, 11) is 0. The third-order valence-electron chi connectivity index (χ3n) is 2.25. The van der Waals surface area contributed by atoms with E-state index >= 15 is 0 Å². The molecule has 0 bridgehead atoms. The largest absolute Gasteiger partial charge is 0.286 e. The lowest BCUT2D eigenvalue weighted by atomic mass is 10.4. The number of aromatic nitrogens is 2. The number of imidazole rings is 1. The molecular formula is C11H7BrN2S. The lowest BCUT2D eigenvalue weighted by molar-refractivity contribution is 1.13. The van der Waals surface area contributed by atoms with Crippen LogP contribution in [0.25, 0.3) is 16.2 Å². The third-order valence-corrected chi connectivity index (χ3v) is 3.73. The zero-order valence-corrected chi connectivity index (χ0v) is 10.1. The Hall–Kier alpha value is -1.13. The number of halogens is 1. The highest BCUT2D eigenvalue weighted by Crippen LogP contribution is 2.27. The first-order chi connectivity index (χ1) is 7.36. The lowest BCUT2D eigenvalue weighted by Crippen LogP contribution is -1.88. The molecule has 3 aromatic rings. The van der Waals surface area contributed by atoms with Crippen molar-refractivity contribution in [2.24, 2.45) is 0 Å². The van der Waals surface area contributed by atoms with E-state index in [0.717, 1.165) is 15.9 Å². The summed E-state index contributed by atoms with van der Waals surface area (Å²) < 4.78 is 3.13. The van der Waals surface area contributed by atoms with Gasteiger partial charge < -0.3 is 0 Å². The van der Waals surface area contributed by atoms with Gasteiger partial charge in [0.2, 0.25) is 0 Å². The minimum atomic E-state index is 0.993. The van der Waals surface area contributed by atoms with Crippen molar-refractivity contribution in [1.29, 1.82) is 0 Å². The van der Waals surface area contributed by atoms with Crippen LogP contribution in [0.2, 0.25) is 0 Å². The first-order valence-electron chi connectivity index (χ1n) is 4.52. The van der Waals surface area contributed by atoms with Crippen LogP contribution in [0.1, 0.15) is 0 Å². The Morgan fingerprint density at radius 2 is 2.13 bits per heavy atom. The number of pyridine rings is 1. The van der Waals surface area contributed by atoms with Crippen LogP contribution < -0.4 is 0 Å². The molecule has 0 unspecified atom stereocenters. The quantitative estimate of drug-likeness (QED) is 0.619. The number of thiophene rings is 1. The van der Waals surface area contributed by atoms with E-state index in [-0.39, 0.29) is 0 Å². The van der Waals surface area contributed by atoms with Crippen LogP contribution in [-0.2, 0) is 0 Å². The van der Waals surface area contributed by atoms with E-state index in [1.54, 1.807) is 11.3 Å². The molecule has 15 heavy (non-hydrogen) atoms. The molecule has 0 saturated heterocycles.